The van der Waals surface area contributed by atoms with Gasteiger partial charge in [-0.15, -0.1) is 0 Å². The van der Waals surface area contributed by atoms with E-state index in [9.17, 15) is 0 Å². The van der Waals surface area contributed by atoms with Crippen LogP contribution in [0.4, 0.5) is 0 Å². The van der Waals surface area contributed by atoms with Gasteiger partial charge in [-0.25, -0.2) is 0 Å². The molecule has 0 aliphatic heterocycles. The summed E-state index contributed by atoms with van der Waals surface area (Å²) in [7, 11) is 1.99. The maximum atomic E-state index is 3.45. The van der Waals surface area contributed by atoms with Crippen LogP contribution in [0.5, 0.6) is 0 Å². The third kappa shape index (κ3) is 2.22. The first-order chi connectivity index (χ1) is 7.93. The molecule has 0 saturated carbocycles. The van der Waals surface area contributed by atoms with Crippen molar-refractivity contribution in [2.24, 2.45) is 0 Å². The van der Waals surface area contributed by atoms with Crippen LogP contribution in [0, 0.1) is 6.92 Å². The molecule has 0 unspecified atom stereocenters. The van der Waals surface area contributed by atoms with Crippen molar-refractivity contribution in [3.05, 3.63) is 35.0 Å². The Balaban J connectivity index is 2.62. The first-order valence-corrected chi connectivity index (χ1v) is 6.20. The monoisotopic (exact) mass is 230 g/mol. The van der Waals surface area contributed by atoms with Crippen LogP contribution in [-0.4, -0.2) is 12.0 Å². The van der Waals surface area contributed by atoms with E-state index in [0.717, 1.165) is 6.54 Å². The first kappa shape index (κ1) is 12.2. The molecular weight excluding hydrogens is 208 g/mol. The number of aromatic amines is 1. The van der Waals surface area contributed by atoms with Crippen molar-refractivity contribution in [3.63, 3.8) is 0 Å². The molecule has 1 heterocycles. The van der Waals surface area contributed by atoms with Gasteiger partial charge in [-0.2, -0.15) is 0 Å². The van der Waals surface area contributed by atoms with Crippen LogP contribution in [0.15, 0.2) is 18.2 Å². The molecule has 2 aromatic rings. The zero-order chi connectivity index (χ0) is 12.6. The average molecular weight is 230 g/mol. The molecule has 92 valence electrons. The van der Waals surface area contributed by atoms with Crippen molar-refractivity contribution < 1.29 is 0 Å². The highest BCUT2D eigenvalue weighted by atomic mass is 14.8. The summed E-state index contributed by atoms with van der Waals surface area (Å²) in [6, 6.07) is 6.75. The van der Waals surface area contributed by atoms with Gasteiger partial charge < -0.3 is 10.3 Å². The van der Waals surface area contributed by atoms with Crippen molar-refractivity contribution in [1.29, 1.82) is 0 Å². The van der Waals surface area contributed by atoms with Crippen LogP contribution in [-0.2, 0) is 12.0 Å². The second-order valence-electron chi connectivity index (χ2n) is 5.77. The fourth-order valence-corrected chi connectivity index (χ4v) is 2.25. The number of rotatable bonds is 2. The van der Waals surface area contributed by atoms with Crippen LogP contribution < -0.4 is 5.32 Å². The van der Waals surface area contributed by atoms with Gasteiger partial charge >= 0.3 is 0 Å². The van der Waals surface area contributed by atoms with Crippen molar-refractivity contribution in [3.8, 4) is 0 Å². The van der Waals surface area contributed by atoms with Crippen molar-refractivity contribution in [1.82, 2.24) is 10.3 Å². The molecule has 0 aliphatic carbocycles. The van der Waals surface area contributed by atoms with E-state index in [1.807, 2.05) is 7.05 Å². The van der Waals surface area contributed by atoms with Gasteiger partial charge in [0.1, 0.15) is 0 Å². The molecular formula is C15H22N2. The molecule has 1 aromatic carbocycles. The van der Waals surface area contributed by atoms with E-state index in [1.165, 1.54) is 27.7 Å². The lowest BCUT2D eigenvalue weighted by molar-refractivity contribution is 0.591. The molecule has 2 nitrogen and oxygen atoms in total. The van der Waals surface area contributed by atoms with E-state index in [4.69, 9.17) is 0 Å². The highest BCUT2D eigenvalue weighted by molar-refractivity contribution is 5.85. The smallest absolute Gasteiger partial charge is 0.0459 e. The maximum absolute atomic E-state index is 3.45. The average Bonchev–Trinajstić information content (AvgIpc) is 2.54. The molecule has 0 atom stereocenters. The van der Waals surface area contributed by atoms with Gasteiger partial charge in [0.2, 0.25) is 0 Å². The van der Waals surface area contributed by atoms with Gasteiger partial charge in [-0.3, -0.25) is 0 Å². The highest BCUT2D eigenvalue weighted by Crippen LogP contribution is 2.29. The van der Waals surface area contributed by atoms with Gasteiger partial charge in [0.05, 0.1) is 0 Å². The minimum absolute atomic E-state index is 0.205. The molecule has 2 heteroatoms. The number of aromatic nitrogens is 1. The molecule has 2 rings (SSSR count). The standard InChI is InChI=1S/C15H22N2/c1-10-13(9-16-5)12-8-11(15(2,3)4)6-7-14(12)17-10/h6-8,16-17H,9H2,1-5H3. The van der Waals surface area contributed by atoms with E-state index in [2.05, 4.69) is 56.2 Å². The van der Waals surface area contributed by atoms with Gasteiger partial charge in [-0.05, 0) is 42.6 Å². The number of nitrogens with one attached hydrogen (secondary N) is 2. The second-order valence-corrected chi connectivity index (χ2v) is 5.77. The number of benzene rings is 1. The molecule has 1 aromatic heterocycles. The Morgan fingerprint density at radius 1 is 1.24 bits per heavy atom. The quantitative estimate of drug-likeness (QED) is 0.812. The fraction of sp³-hybridized carbons (Fsp3) is 0.467. The van der Waals surface area contributed by atoms with Crippen LogP contribution in [0.3, 0.4) is 0 Å². The van der Waals surface area contributed by atoms with Crippen LogP contribution in [0.25, 0.3) is 10.9 Å². The summed E-state index contributed by atoms with van der Waals surface area (Å²) < 4.78 is 0. The third-order valence-electron chi connectivity index (χ3n) is 3.34. The Morgan fingerprint density at radius 3 is 2.53 bits per heavy atom. The predicted octanol–water partition coefficient (Wildman–Crippen LogP) is 3.49. The zero-order valence-corrected chi connectivity index (χ0v) is 11.4. The summed E-state index contributed by atoms with van der Waals surface area (Å²) in [6.07, 6.45) is 0. The molecule has 0 saturated heterocycles. The molecule has 0 radical (unpaired) electrons. The largest absolute Gasteiger partial charge is 0.358 e. The summed E-state index contributed by atoms with van der Waals surface area (Å²) in [4.78, 5) is 3.45. The summed E-state index contributed by atoms with van der Waals surface area (Å²) >= 11 is 0. The van der Waals surface area contributed by atoms with E-state index in [0.29, 0.717) is 0 Å². The van der Waals surface area contributed by atoms with Gasteiger partial charge in [0.25, 0.3) is 0 Å². The van der Waals surface area contributed by atoms with E-state index < -0.39 is 0 Å². The van der Waals surface area contributed by atoms with E-state index in [1.54, 1.807) is 0 Å². The van der Waals surface area contributed by atoms with Gasteiger partial charge in [0, 0.05) is 23.1 Å². The molecule has 0 spiro atoms. The van der Waals surface area contributed by atoms with Crippen molar-refractivity contribution in [2.75, 3.05) is 7.05 Å². The second kappa shape index (κ2) is 4.19. The van der Waals surface area contributed by atoms with Crippen LogP contribution in [0.1, 0.15) is 37.6 Å². The number of hydrogen-bond donors (Lipinski definition) is 2. The van der Waals surface area contributed by atoms with E-state index >= 15 is 0 Å². The van der Waals surface area contributed by atoms with Crippen LogP contribution in [0.2, 0.25) is 0 Å². The summed E-state index contributed by atoms with van der Waals surface area (Å²) in [6.45, 7) is 9.82. The normalized spacial score (nSPS) is 12.3. The maximum Gasteiger partial charge on any atom is 0.0459 e. The number of aryl methyl sites for hydroxylation is 1. The highest BCUT2D eigenvalue weighted by Gasteiger charge is 2.16. The SMILES string of the molecule is CNCc1c(C)[nH]c2ccc(C(C)(C)C)cc12. The molecule has 0 aliphatic rings. The lowest BCUT2D eigenvalue weighted by Crippen LogP contribution is -2.11. The van der Waals surface area contributed by atoms with Crippen molar-refractivity contribution >= 4 is 10.9 Å². The lowest BCUT2D eigenvalue weighted by atomic mass is 9.86. The molecule has 2 N–H and O–H groups in total. The summed E-state index contributed by atoms with van der Waals surface area (Å²) in [5, 5.41) is 4.59. The Kier molecular flexibility index (Phi) is 3.00. The molecule has 0 amide bonds. The lowest BCUT2D eigenvalue weighted by Gasteiger charge is -2.19. The Labute approximate surface area is 103 Å². The third-order valence-corrected chi connectivity index (χ3v) is 3.34. The summed E-state index contributed by atoms with van der Waals surface area (Å²) in [5.41, 5.74) is 5.48. The summed E-state index contributed by atoms with van der Waals surface area (Å²) in [5.74, 6) is 0. The number of H-pyrrole nitrogens is 1. The van der Waals surface area contributed by atoms with Crippen molar-refractivity contribution in [2.45, 2.75) is 39.7 Å². The minimum Gasteiger partial charge on any atom is -0.358 e. The molecule has 17 heavy (non-hydrogen) atoms. The Morgan fingerprint density at radius 2 is 1.94 bits per heavy atom. The molecule has 0 fully saturated rings. The van der Waals surface area contributed by atoms with Gasteiger partial charge in [-0.1, -0.05) is 26.8 Å². The minimum atomic E-state index is 0.205. The zero-order valence-electron chi connectivity index (χ0n) is 11.4. The number of fused-ring (bicyclic) bond motifs is 1. The Hall–Kier alpha value is -1.28. The first-order valence-electron chi connectivity index (χ1n) is 6.20. The fourth-order valence-electron chi connectivity index (χ4n) is 2.25. The number of hydrogen-bond acceptors (Lipinski definition) is 1. The van der Waals surface area contributed by atoms with E-state index in [-0.39, 0.29) is 5.41 Å². The molecule has 0 bridgehead atoms. The van der Waals surface area contributed by atoms with Gasteiger partial charge in [0.15, 0.2) is 0 Å². The predicted molar refractivity (Wildman–Crippen MR) is 74.5 cm³/mol. The Bertz CT molecular complexity index is 530. The van der Waals surface area contributed by atoms with Crippen LogP contribution >= 0.6 is 0 Å². The topological polar surface area (TPSA) is 27.8 Å².